The monoisotopic (exact) mass is 208 g/mol. The van der Waals surface area contributed by atoms with Gasteiger partial charge in [0.2, 0.25) is 0 Å². The zero-order chi connectivity index (χ0) is 11.3. The van der Waals surface area contributed by atoms with Gasteiger partial charge in [-0.2, -0.15) is 0 Å². The number of hydrogen-bond acceptors (Lipinski definition) is 1. The van der Waals surface area contributed by atoms with Gasteiger partial charge in [0.15, 0.2) is 0 Å². The third-order valence-corrected chi connectivity index (χ3v) is 2.35. The molecule has 0 saturated carbocycles. The Balaban J connectivity index is 2.48. The molecule has 0 fully saturated rings. The molecule has 15 heavy (non-hydrogen) atoms. The number of Topliss-reactive ketones (excluding diaryl/α,β-unsaturated/α-hetero) is 1. The minimum absolute atomic E-state index is 0.119. The smallest absolute Gasteiger partial charge is 0.137 e. The SMILES string of the molecule is CC(C)CCC(=O)Cc1ccccc1F. The van der Waals surface area contributed by atoms with Crippen LogP contribution in [0, 0.1) is 11.7 Å². The van der Waals surface area contributed by atoms with Crippen LogP contribution < -0.4 is 0 Å². The first kappa shape index (κ1) is 11.9. The molecule has 82 valence electrons. The van der Waals surface area contributed by atoms with Crippen molar-refractivity contribution in [2.75, 3.05) is 0 Å². The molecule has 0 aromatic heterocycles. The zero-order valence-electron chi connectivity index (χ0n) is 9.29. The summed E-state index contributed by atoms with van der Waals surface area (Å²) >= 11 is 0. The molecule has 0 aliphatic heterocycles. The molecule has 0 atom stereocenters. The van der Waals surface area contributed by atoms with Crippen LogP contribution in [0.1, 0.15) is 32.3 Å². The number of rotatable bonds is 5. The van der Waals surface area contributed by atoms with Gasteiger partial charge in [-0.15, -0.1) is 0 Å². The van der Waals surface area contributed by atoms with Crippen LogP contribution in [0.15, 0.2) is 24.3 Å². The fourth-order valence-corrected chi connectivity index (χ4v) is 1.39. The van der Waals surface area contributed by atoms with E-state index >= 15 is 0 Å². The summed E-state index contributed by atoms with van der Waals surface area (Å²) in [6, 6.07) is 6.46. The lowest BCUT2D eigenvalue weighted by molar-refractivity contribution is -0.118. The van der Waals surface area contributed by atoms with Crippen LogP contribution in [0.5, 0.6) is 0 Å². The fourth-order valence-electron chi connectivity index (χ4n) is 1.39. The van der Waals surface area contributed by atoms with Crippen molar-refractivity contribution in [1.82, 2.24) is 0 Å². The van der Waals surface area contributed by atoms with Gasteiger partial charge >= 0.3 is 0 Å². The maximum absolute atomic E-state index is 13.2. The molecular formula is C13H17FO. The number of benzene rings is 1. The zero-order valence-corrected chi connectivity index (χ0v) is 9.29. The second kappa shape index (κ2) is 5.64. The van der Waals surface area contributed by atoms with E-state index in [1.54, 1.807) is 18.2 Å². The van der Waals surface area contributed by atoms with E-state index in [0.29, 0.717) is 17.9 Å². The van der Waals surface area contributed by atoms with E-state index in [9.17, 15) is 9.18 Å². The number of halogens is 1. The third kappa shape index (κ3) is 4.24. The Labute approximate surface area is 90.3 Å². The predicted octanol–water partition coefficient (Wildman–Crippen LogP) is 3.37. The molecule has 0 aliphatic carbocycles. The van der Waals surface area contributed by atoms with Crippen LogP contribution in [0.25, 0.3) is 0 Å². The molecule has 0 spiro atoms. The summed E-state index contributed by atoms with van der Waals surface area (Å²) in [4.78, 5) is 11.5. The molecule has 0 unspecified atom stereocenters. The van der Waals surface area contributed by atoms with Crippen molar-refractivity contribution in [3.63, 3.8) is 0 Å². The molecule has 0 heterocycles. The largest absolute Gasteiger partial charge is 0.299 e. The maximum Gasteiger partial charge on any atom is 0.137 e. The van der Waals surface area contributed by atoms with Gasteiger partial charge in [0.05, 0.1) is 0 Å². The second-order valence-electron chi connectivity index (χ2n) is 4.24. The van der Waals surface area contributed by atoms with Crippen LogP contribution in [-0.4, -0.2) is 5.78 Å². The van der Waals surface area contributed by atoms with E-state index < -0.39 is 0 Å². The van der Waals surface area contributed by atoms with Crippen molar-refractivity contribution in [2.45, 2.75) is 33.1 Å². The van der Waals surface area contributed by atoms with Crippen LogP contribution >= 0.6 is 0 Å². The van der Waals surface area contributed by atoms with Crippen molar-refractivity contribution in [3.8, 4) is 0 Å². The summed E-state index contributed by atoms with van der Waals surface area (Å²) in [6.07, 6.45) is 1.65. The van der Waals surface area contributed by atoms with Crippen molar-refractivity contribution in [3.05, 3.63) is 35.6 Å². The van der Waals surface area contributed by atoms with Crippen LogP contribution in [0.2, 0.25) is 0 Å². The Kier molecular flexibility index (Phi) is 4.47. The third-order valence-electron chi connectivity index (χ3n) is 2.35. The van der Waals surface area contributed by atoms with E-state index in [4.69, 9.17) is 0 Å². The minimum atomic E-state index is -0.282. The molecule has 0 radical (unpaired) electrons. The number of carbonyl (C=O) groups is 1. The molecule has 0 amide bonds. The van der Waals surface area contributed by atoms with Crippen molar-refractivity contribution >= 4 is 5.78 Å². The second-order valence-corrected chi connectivity index (χ2v) is 4.24. The van der Waals surface area contributed by atoms with Gasteiger partial charge in [-0.1, -0.05) is 32.0 Å². The molecule has 1 aromatic carbocycles. The quantitative estimate of drug-likeness (QED) is 0.725. The van der Waals surface area contributed by atoms with Gasteiger partial charge in [0, 0.05) is 12.8 Å². The first-order chi connectivity index (χ1) is 7.09. The number of ketones is 1. The molecule has 0 aliphatic rings. The molecule has 0 N–H and O–H groups in total. The van der Waals surface area contributed by atoms with E-state index in [0.717, 1.165) is 6.42 Å². The summed E-state index contributed by atoms with van der Waals surface area (Å²) < 4.78 is 13.2. The van der Waals surface area contributed by atoms with Crippen LogP contribution in [-0.2, 0) is 11.2 Å². The highest BCUT2D eigenvalue weighted by atomic mass is 19.1. The summed E-state index contributed by atoms with van der Waals surface area (Å²) in [7, 11) is 0. The highest BCUT2D eigenvalue weighted by Crippen LogP contribution is 2.11. The lowest BCUT2D eigenvalue weighted by atomic mass is 10.0. The Hall–Kier alpha value is -1.18. The van der Waals surface area contributed by atoms with E-state index in [-0.39, 0.29) is 18.0 Å². The number of hydrogen-bond donors (Lipinski definition) is 0. The number of carbonyl (C=O) groups excluding carboxylic acids is 1. The first-order valence-electron chi connectivity index (χ1n) is 5.34. The summed E-state index contributed by atoms with van der Waals surface area (Å²) in [5, 5.41) is 0. The molecule has 1 nitrogen and oxygen atoms in total. The normalized spacial score (nSPS) is 10.7. The summed E-state index contributed by atoms with van der Waals surface area (Å²) in [5.41, 5.74) is 0.506. The predicted molar refractivity (Wildman–Crippen MR) is 59.2 cm³/mol. The average Bonchev–Trinajstić information content (AvgIpc) is 2.18. The van der Waals surface area contributed by atoms with E-state index in [2.05, 4.69) is 13.8 Å². The van der Waals surface area contributed by atoms with Crippen LogP contribution in [0.4, 0.5) is 4.39 Å². The van der Waals surface area contributed by atoms with Gasteiger partial charge in [-0.3, -0.25) is 4.79 Å². The van der Waals surface area contributed by atoms with Crippen LogP contribution in [0.3, 0.4) is 0 Å². The van der Waals surface area contributed by atoms with Gasteiger partial charge in [0.1, 0.15) is 11.6 Å². The molecule has 0 saturated heterocycles. The van der Waals surface area contributed by atoms with Crippen molar-refractivity contribution in [1.29, 1.82) is 0 Å². The van der Waals surface area contributed by atoms with Gasteiger partial charge in [-0.05, 0) is 24.0 Å². The topological polar surface area (TPSA) is 17.1 Å². The fraction of sp³-hybridized carbons (Fsp3) is 0.462. The summed E-state index contributed by atoms with van der Waals surface area (Å²) in [6.45, 7) is 4.16. The molecule has 0 bridgehead atoms. The Bertz CT molecular complexity index is 331. The molecule has 2 heteroatoms. The Morgan fingerprint density at radius 1 is 1.33 bits per heavy atom. The average molecular weight is 208 g/mol. The molecule has 1 rings (SSSR count). The maximum atomic E-state index is 13.2. The van der Waals surface area contributed by atoms with Crippen molar-refractivity contribution < 1.29 is 9.18 Å². The highest BCUT2D eigenvalue weighted by Gasteiger charge is 2.08. The molecular weight excluding hydrogens is 191 g/mol. The summed E-state index contributed by atoms with van der Waals surface area (Å²) in [5.74, 6) is 0.360. The lowest BCUT2D eigenvalue weighted by Gasteiger charge is -2.04. The molecule has 1 aromatic rings. The van der Waals surface area contributed by atoms with E-state index in [1.807, 2.05) is 0 Å². The minimum Gasteiger partial charge on any atom is -0.299 e. The van der Waals surface area contributed by atoms with Crippen molar-refractivity contribution in [2.24, 2.45) is 5.92 Å². The Morgan fingerprint density at radius 3 is 2.60 bits per heavy atom. The van der Waals surface area contributed by atoms with Gasteiger partial charge in [-0.25, -0.2) is 4.39 Å². The standard InChI is InChI=1S/C13H17FO/c1-10(2)7-8-12(15)9-11-5-3-4-6-13(11)14/h3-6,10H,7-9H2,1-2H3. The van der Waals surface area contributed by atoms with Gasteiger partial charge < -0.3 is 0 Å². The highest BCUT2D eigenvalue weighted by molar-refractivity contribution is 5.80. The van der Waals surface area contributed by atoms with Gasteiger partial charge in [0.25, 0.3) is 0 Å². The van der Waals surface area contributed by atoms with E-state index in [1.165, 1.54) is 6.07 Å². The first-order valence-corrected chi connectivity index (χ1v) is 5.34. The lowest BCUT2D eigenvalue weighted by Crippen LogP contribution is -2.05. The Morgan fingerprint density at radius 2 is 2.00 bits per heavy atom.